The molecule has 0 saturated heterocycles. The number of carbonyl (C=O) groups is 1. The summed E-state index contributed by atoms with van der Waals surface area (Å²) in [5, 5.41) is 0. The first-order valence-electron chi connectivity index (χ1n) is 3.36. The summed E-state index contributed by atoms with van der Waals surface area (Å²) in [6.45, 7) is 0.237. The SMILES string of the molecule is O=C(Cl)OCCc1cnccn1. The highest BCUT2D eigenvalue weighted by molar-refractivity contribution is 6.61. The second kappa shape index (κ2) is 4.66. The number of halogens is 1. The first-order chi connectivity index (χ1) is 5.79. The summed E-state index contributed by atoms with van der Waals surface area (Å²) in [5.74, 6) is 0. The fourth-order valence-corrected chi connectivity index (χ4v) is 0.772. The average molecular weight is 187 g/mol. The molecular formula is C7H7ClN2O2. The molecule has 0 aromatic carbocycles. The Morgan fingerprint density at radius 2 is 2.42 bits per heavy atom. The molecule has 12 heavy (non-hydrogen) atoms. The second-order valence-corrected chi connectivity index (χ2v) is 2.34. The van der Waals surface area contributed by atoms with Crippen LogP contribution in [0.5, 0.6) is 0 Å². The average Bonchev–Trinajstić information content (AvgIpc) is 2.05. The number of carbonyl (C=O) groups excluding carboxylic acids is 1. The zero-order valence-corrected chi connectivity index (χ0v) is 6.99. The molecule has 0 fully saturated rings. The molecule has 1 aromatic heterocycles. The molecule has 0 N–H and O–H groups in total. The van der Waals surface area contributed by atoms with Crippen LogP contribution in [0, 0.1) is 0 Å². The van der Waals surface area contributed by atoms with Gasteiger partial charge in [-0.1, -0.05) is 0 Å². The summed E-state index contributed by atoms with van der Waals surface area (Å²) in [6.07, 6.45) is 5.31. The summed E-state index contributed by atoms with van der Waals surface area (Å²) in [6, 6.07) is 0. The molecule has 0 aliphatic rings. The normalized spacial score (nSPS) is 9.42. The summed E-state index contributed by atoms with van der Waals surface area (Å²) in [5.41, 5.74) is -0.0192. The van der Waals surface area contributed by atoms with Crippen molar-refractivity contribution in [2.75, 3.05) is 6.61 Å². The molecule has 64 valence electrons. The fraction of sp³-hybridized carbons (Fsp3) is 0.286. The van der Waals surface area contributed by atoms with Crippen LogP contribution in [0.2, 0.25) is 0 Å². The molecule has 0 atom stereocenters. The zero-order chi connectivity index (χ0) is 8.81. The number of nitrogens with zero attached hydrogens (tertiary/aromatic N) is 2. The van der Waals surface area contributed by atoms with Gasteiger partial charge in [-0.15, -0.1) is 0 Å². The lowest BCUT2D eigenvalue weighted by Gasteiger charge is -1.98. The first-order valence-corrected chi connectivity index (χ1v) is 3.74. The van der Waals surface area contributed by atoms with Gasteiger partial charge in [-0.3, -0.25) is 9.97 Å². The Bertz CT molecular complexity index is 253. The Labute approximate surface area is 74.5 Å². The van der Waals surface area contributed by atoms with E-state index in [0.717, 1.165) is 5.69 Å². The number of aromatic nitrogens is 2. The maximum atomic E-state index is 10.1. The molecule has 0 unspecified atom stereocenters. The van der Waals surface area contributed by atoms with Gasteiger partial charge in [-0.05, 0) is 0 Å². The van der Waals surface area contributed by atoms with Gasteiger partial charge < -0.3 is 4.74 Å². The van der Waals surface area contributed by atoms with E-state index in [-0.39, 0.29) is 6.61 Å². The van der Waals surface area contributed by atoms with Crippen molar-refractivity contribution in [2.45, 2.75) is 6.42 Å². The monoisotopic (exact) mass is 186 g/mol. The standard InChI is InChI=1S/C7H7ClN2O2/c8-7(11)12-4-1-6-5-9-2-3-10-6/h2-3,5H,1,4H2. The Hall–Kier alpha value is -1.16. The van der Waals surface area contributed by atoms with E-state index in [1.165, 1.54) is 0 Å². The van der Waals surface area contributed by atoms with E-state index >= 15 is 0 Å². The molecule has 0 aliphatic heterocycles. The molecular weight excluding hydrogens is 180 g/mol. The molecule has 4 nitrogen and oxygen atoms in total. The number of hydrogen-bond acceptors (Lipinski definition) is 4. The molecule has 5 heteroatoms. The van der Waals surface area contributed by atoms with Crippen LogP contribution < -0.4 is 0 Å². The van der Waals surface area contributed by atoms with Gasteiger partial charge in [0.25, 0.3) is 0 Å². The maximum absolute atomic E-state index is 10.1. The summed E-state index contributed by atoms with van der Waals surface area (Å²) < 4.78 is 4.50. The predicted molar refractivity (Wildman–Crippen MR) is 42.9 cm³/mol. The van der Waals surface area contributed by atoms with Crippen molar-refractivity contribution in [3.05, 3.63) is 24.3 Å². The topological polar surface area (TPSA) is 52.1 Å². The highest BCUT2D eigenvalue weighted by Crippen LogP contribution is 1.94. The molecule has 1 heterocycles. The fourth-order valence-electron chi connectivity index (χ4n) is 0.695. The maximum Gasteiger partial charge on any atom is 0.403 e. The van der Waals surface area contributed by atoms with Gasteiger partial charge in [-0.2, -0.15) is 0 Å². The summed E-state index contributed by atoms with van der Waals surface area (Å²) >= 11 is 4.95. The van der Waals surface area contributed by atoms with E-state index in [9.17, 15) is 4.79 Å². The molecule has 1 rings (SSSR count). The van der Waals surface area contributed by atoms with Crippen molar-refractivity contribution >= 4 is 17.0 Å². The minimum Gasteiger partial charge on any atom is -0.453 e. The number of hydrogen-bond donors (Lipinski definition) is 0. The first kappa shape index (κ1) is 8.93. The minimum absolute atomic E-state index is 0.237. The van der Waals surface area contributed by atoms with Crippen LogP contribution in [0.15, 0.2) is 18.6 Å². The molecule has 1 aromatic rings. The smallest absolute Gasteiger partial charge is 0.403 e. The lowest BCUT2D eigenvalue weighted by Crippen LogP contribution is -2.01. The molecule has 0 aliphatic carbocycles. The molecule has 0 saturated carbocycles. The van der Waals surface area contributed by atoms with Crippen LogP contribution in [-0.4, -0.2) is 22.0 Å². The highest BCUT2D eigenvalue weighted by atomic mass is 35.5. The largest absolute Gasteiger partial charge is 0.453 e. The minimum atomic E-state index is -0.793. The van der Waals surface area contributed by atoms with E-state index < -0.39 is 5.43 Å². The quantitative estimate of drug-likeness (QED) is 0.670. The van der Waals surface area contributed by atoms with Crippen LogP contribution in [0.1, 0.15) is 5.69 Å². The number of ether oxygens (including phenoxy) is 1. The van der Waals surface area contributed by atoms with Crippen LogP contribution in [0.3, 0.4) is 0 Å². The second-order valence-electron chi connectivity index (χ2n) is 2.03. The predicted octanol–water partition coefficient (Wildman–Crippen LogP) is 1.39. The Morgan fingerprint density at radius 1 is 1.58 bits per heavy atom. The van der Waals surface area contributed by atoms with E-state index in [4.69, 9.17) is 11.6 Å². The van der Waals surface area contributed by atoms with Gasteiger partial charge in [0.05, 0.1) is 12.3 Å². The number of rotatable bonds is 3. The third-order valence-corrected chi connectivity index (χ3v) is 1.30. The molecule has 0 bridgehead atoms. The Balaban J connectivity index is 2.29. The molecule has 0 radical (unpaired) electrons. The lowest BCUT2D eigenvalue weighted by molar-refractivity contribution is 0.174. The van der Waals surface area contributed by atoms with Crippen molar-refractivity contribution in [1.29, 1.82) is 0 Å². The van der Waals surface area contributed by atoms with Gasteiger partial charge in [0, 0.05) is 36.6 Å². The van der Waals surface area contributed by atoms with Crippen molar-refractivity contribution in [1.82, 2.24) is 9.97 Å². The van der Waals surface area contributed by atoms with Gasteiger partial charge >= 0.3 is 5.43 Å². The van der Waals surface area contributed by atoms with Crippen LogP contribution >= 0.6 is 11.6 Å². The molecule has 0 amide bonds. The van der Waals surface area contributed by atoms with Crippen LogP contribution in [0.25, 0.3) is 0 Å². The third-order valence-electron chi connectivity index (χ3n) is 1.19. The van der Waals surface area contributed by atoms with Crippen molar-refractivity contribution in [2.24, 2.45) is 0 Å². The lowest BCUT2D eigenvalue weighted by atomic mass is 10.3. The van der Waals surface area contributed by atoms with E-state index in [1.54, 1.807) is 18.6 Å². The van der Waals surface area contributed by atoms with E-state index in [2.05, 4.69) is 14.7 Å². The van der Waals surface area contributed by atoms with E-state index in [0.29, 0.717) is 6.42 Å². The van der Waals surface area contributed by atoms with Gasteiger partial charge in [0.2, 0.25) is 0 Å². The van der Waals surface area contributed by atoms with Crippen molar-refractivity contribution in [3.8, 4) is 0 Å². The van der Waals surface area contributed by atoms with Gasteiger partial charge in [-0.25, -0.2) is 4.79 Å². The van der Waals surface area contributed by atoms with E-state index in [1.807, 2.05) is 0 Å². The summed E-state index contributed by atoms with van der Waals surface area (Å²) in [4.78, 5) is 18.0. The highest BCUT2D eigenvalue weighted by Gasteiger charge is 1.97. The van der Waals surface area contributed by atoms with Crippen LogP contribution in [0.4, 0.5) is 4.79 Å². The zero-order valence-electron chi connectivity index (χ0n) is 6.24. The van der Waals surface area contributed by atoms with Gasteiger partial charge in [0.15, 0.2) is 0 Å². The Morgan fingerprint density at radius 3 is 3.00 bits per heavy atom. The van der Waals surface area contributed by atoms with Gasteiger partial charge in [0.1, 0.15) is 0 Å². The van der Waals surface area contributed by atoms with Crippen LogP contribution in [-0.2, 0) is 11.2 Å². The van der Waals surface area contributed by atoms with Crippen molar-refractivity contribution in [3.63, 3.8) is 0 Å². The summed E-state index contributed by atoms with van der Waals surface area (Å²) in [7, 11) is 0. The third kappa shape index (κ3) is 3.30. The molecule has 0 spiro atoms. The Kier molecular flexibility index (Phi) is 3.47. The van der Waals surface area contributed by atoms with Crippen molar-refractivity contribution < 1.29 is 9.53 Å².